The molecule has 0 radical (unpaired) electrons. The summed E-state index contributed by atoms with van der Waals surface area (Å²) in [4.78, 5) is 48.6. The summed E-state index contributed by atoms with van der Waals surface area (Å²) in [6.07, 6.45) is 2.26. The number of hydrogen-bond acceptors (Lipinski definition) is 18. The Morgan fingerprint density at radius 1 is 0.821 bits per heavy atom. The molecule has 0 unspecified atom stereocenters. The Morgan fingerprint density at radius 2 is 1.49 bits per heavy atom. The minimum atomic E-state index is -5.07. The van der Waals surface area contributed by atoms with Gasteiger partial charge in [0.15, 0.2) is 11.5 Å². The SMILES string of the molecule is O=C1c2ccccc2-c2onc3c(N4CCC[C@H](C(=O)NCCCOCCOCCOCCCNc5ccc([N+](=O)[O-])cc5[N+](=O)[O-])C4)cc(Nc4ccc(S(=O)(=O)O)cc4S(=O)(=O)O)c1c23. The van der Waals surface area contributed by atoms with Crippen LogP contribution in [0.3, 0.4) is 0 Å². The van der Waals surface area contributed by atoms with Crippen LogP contribution in [0.25, 0.3) is 22.2 Å². The van der Waals surface area contributed by atoms with Crippen LogP contribution in [0.1, 0.15) is 41.6 Å². The van der Waals surface area contributed by atoms with Crippen molar-refractivity contribution in [2.75, 3.05) is 81.4 Å². The predicted octanol–water partition coefficient (Wildman–Crippen LogP) is 5.37. The zero-order chi connectivity index (χ0) is 47.9. The molecule has 4 aromatic carbocycles. The van der Waals surface area contributed by atoms with Crippen molar-refractivity contribution in [3.05, 3.63) is 98.1 Å². The highest BCUT2D eigenvalue weighted by molar-refractivity contribution is 7.86. The molecule has 356 valence electrons. The molecule has 1 aliphatic heterocycles. The first-order chi connectivity index (χ1) is 32.0. The first-order valence-electron chi connectivity index (χ1n) is 20.9. The third-order valence-corrected chi connectivity index (χ3v) is 12.7. The molecule has 1 atom stereocenters. The van der Waals surface area contributed by atoms with Crippen molar-refractivity contribution >= 4 is 77.0 Å². The van der Waals surface area contributed by atoms with Crippen LogP contribution in [-0.4, -0.2) is 118 Å². The molecule has 7 rings (SSSR count). The Balaban J connectivity index is 0.888. The number of ether oxygens (including phenoxy) is 3. The highest BCUT2D eigenvalue weighted by Crippen LogP contribution is 2.47. The van der Waals surface area contributed by atoms with Crippen LogP contribution in [0.4, 0.5) is 34.1 Å². The molecule has 1 amide bonds. The summed E-state index contributed by atoms with van der Waals surface area (Å²) >= 11 is 0. The van der Waals surface area contributed by atoms with Crippen molar-refractivity contribution in [2.24, 2.45) is 5.92 Å². The van der Waals surface area contributed by atoms with Gasteiger partial charge in [0.1, 0.15) is 16.1 Å². The lowest BCUT2D eigenvalue weighted by Gasteiger charge is -2.34. The number of non-ortho nitro benzene ring substituents is 1. The van der Waals surface area contributed by atoms with Gasteiger partial charge in [0.25, 0.3) is 31.6 Å². The molecule has 1 saturated heterocycles. The fourth-order valence-corrected chi connectivity index (χ4v) is 9.07. The fourth-order valence-electron chi connectivity index (χ4n) is 7.82. The summed E-state index contributed by atoms with van der Waals surface area (Å²) in [6, 6.07) is 14.3. The average molecular weight is 968 g/mol. The number of nitrogens with one attached hydrogen (secondary N) is 3. The molecule has 1 fully saturated rings. The van der Waals surface area contributed by atoms with Crippen LogP contribution >= 0.6 is 0 Å². The number of amides is 1. The Hall–Kier alpha value is -6.61. The molecule has 25 heteroatoms. The number of carbonyl (C=O) groups is 2. The summed E-state index contributed by atoms with van der Waals surface area (Å²) in [5.74, 6) is -0.766. The number of anilines is 4. The number of hydrogen-bond donors (Lipinski definition) is 5. The van der Waals surface area contributed by atoms with Crippen LogP contribution < -0.4 is 20.9 Å². The second-order valence-corrected chi connectivity index (χ2v) is 18.2. The van der Waals surface area contributed by atoms with Crippen LogP contribution in [0.5, 0.6) is 0 Å². The Kier molecular flexibility index (Phi) is 15.1. The van der Waals surface area contributed by atoms with Gasteiger partial charge in [-0.15, -0.1) is 0 Å². The highest BCUT2D eigenvalue weighted by Gasteiger charge is 2.36. The van der Waals surface area contributed by atoms with Gasteiger partial charge in [0.05, 0.1) is 81.2 Å². The predicted molar refractivity (Wildman–Crippen MR) is 240 cm³/mol. The van der Waals surface area contributed by atoms with Crippen LogP contribution in [0.2, 0.25) is 0 Å². The zero-order valence-electron chi connectivity index (χ0n) is 35.5. The van der Waals surface area contributed by atoms with E-state index in [-0.39, 0.29) is 52.2 Å². The molecule has 0 saturated carbocycles. The minimum absolute atomic E-state index is 0.0854. The zero-order valence-corrected chi connectivity index (χ0v) is 37.2. The van der Waals surface area contributed by atoms with Crippen molar-refractivity contribution in [1.29, 1.82) is 0 Å². The van der Waals surface area contributed by atoms with E-state index in [0.29, 0.717) is 119 Å². The van der Waals surface area contributed by atoms with Gasteiger partial charge < -0.3 is 39.6 Å². The fraction of sp³-hybridized carbons (Fsp3) is 0.357. The van der Waals surface area contributed by atoms with Gasteiger partial charge >= 0.3 is 0 Å². The largest absolute Gasteiger partial charge is 0.379 e. The second kappa shape index (κ2) is 20.9. The lowest BCUT2D eigenvalue weighted by molar-refractivity contribution is -0.393. The van der Waals surface area contributed by atoms with E-state index in [4.69, 9.17) is 18.7 Å². The normalized spacial score (nSPS) is 14.7. The smallest absolute Gasteiger partial charge is 0.299 e. The number of fused-ring (bicyclic) bond motifs is 2. The van der Waals surface area contributed by atoms with Gasteiger partial charge in [-0.05, 0) is 56.0 Å². The number of carbonyl (C=O) groups excluding carboxylic acids is 2. The maximum Gasteiger partial charge on any atom is 0.299 e. The van der Waals surface area contributed by atoms with E-state index in [2.05, 4.69) is 21.1 Å². The number of nitro groups is 2. The van der Waals surface area contributed by atoms with Gasteiger partial charge in [-0.3, -0.25) is 38.9 Å². The number of rotatable bonds is 23. The van der Waals surface area contributed by atoms with Crippen LogP contribution in [-0.2, 0) is 39.2 Å². The third-order valence-electron chi connectivity index (χ3n) is 11.0. The molecule has 0 spiro atoms. The number of piperidine rings is 1. The highest BCUT2D eigenvalue weighted by atomic mass is 32.2. The number of ketones is 1. The van der Waals surface area contributed by atoms with Crippen molar-refractivity contribution < 1.29 is 64.1 Å². The second-order valence-electron chi connectivity index (χ2n) is 15.4. The topological polar surface area (TPSA) is 322 Å². The van der Waals surface area contributed by atoms with Crippen molar-refractivity contribution in [1.82, 2.24) is 10.5 Å². The number of nitro benzene ring substituents is 2. The van der Waals surface area contributed by atoms with Gasteiger partial charge in [-0.25, -0.2) is 0 Å². The summed E-state index contributed by atoms with van der Waals surface area (Å²) in [5.41, 5.74) is 0.877. The van der Waals surface area contributed by atoms with Gasteiger partial charge in [0.2, 0.25) is 5.91 Å². The lowest BCUT2D eigenvalue weighted by atomic mass is 9.86. The monoisotopic (exact) mass is 967 g/mol. The first kappa shape index (κ1) is 48.3. The molecule has 1 aromatic heterocycles. The lowest BCUT2D eigenvalue weighted by Crippen LogP contribution is -2.43. The summed E-state index contributed by atoms with van der Waals surface area (Å²) < 4.78 is 90.9. The van der Waals surface area contributed by atoms with Crippen LogP contribution in [0, 0.1) is 26.1 Å². The van der Waals surface area contributed by atoms with E-state index >= 15 is 0 Å². The molecule has 5 aromatic rings. The Labute approximate surface area is 382 Å². The van der Waals surface area contributed by atoms with E-state index in [1.54, 1.807) is 30.3 Å². The van der Waals surface area contributed by atoms with E-state index in [0.717, 1.165) is 18.2 Å². The van der Waals surface area contributed by atoms with E-state index in [1.165, 1.54) is 12.1 Å². The summed E-state index contributed by atoms with van der Waals surface area (Å²) in [7, 11) is -9.94. The first-order valence-corrected chi connectivity index (χ1v) is 23.8. The standard InChI is InChI=1S/C42H45N7O16S2/c50-40-29-7-1-2-8-30(29)41-38-37(40)33(45-32-12-10-28(66(56,57)58)23-36(32)67(59,60)61)24-35(39(38)46-65-41)47-15-3-6-26(25-47)42(51)44-14-5-17-63-19-21-64-20-18-62-16-4-13-43-31-11-9-27(48(52)53)22-34(31)49(54)55/h1-2,7-12,22-24,26,43,45H,3-6,13-21,25H2,(H,44,51)(H,56,57,58)(H,59,60,61)/t26-/m0/s1. The maximum atomic E-state index is 14.1. The molecule has 1 aliphatic carbocycles. The van der Waals surface area contributed by atoms with Crippen molar-refractivity contribution in [3.63, 3.8) is 0 Å². The average Bonchev–Trinajstić information content (AvgIpc) is 3.74. The molecule has 23 nitrogen and oxygen atoms in total. The third kappa shape index (κ3) is 11.3. The molecule has 0 bridgehead atoms. The van der Waals surface area contributed by atoms with E-state index < -0.39 is 51.6 Å². The molecule has 67 heavy (non-hydrogen) atoms. The molecule has 2 aliphatic rings. The van der Waals surface area contributed by atoms with Crippen LogP contribution in [0.15, 0.2) is 81.0 Å². The van der Waals surface area contributed by atoms with Crippen molar-refractivity contribution in [2.45, 2.75) is 35.5 Å². The number of nitrogens with zero attached hydrogens (tertiary/aromatic N) is 4. The summed E-state index contributed by atoms with van der Waals surface area (Å²) in [5, 5.41) is 35.6. The summed E-state index contributed by atoms with van der Waals surface area (Å²) in [6.45, 7) is 3.45. The number of benzene rings is 4. The molecular formula is C42H45N7O16S2. The van der Waals surface area contributed by atoms with Gasteiger partial charge in [-0.2, -0.15) is 16.8 Å². The Bertz CT molecular complexity index is 2930. The Morgan fingerprint density at radius 3 is 2.16 bits per heavy atom. The van der Waals surface area contributed by atoms with Crippen molar-refractivity contribution in [3.8, 4) is 11.3 Å². The maximum absolute atomic E-state index is 14.1. The molecule has 2 heterocycles. The number of aromatic nitrogens is 1. The van der Waals surface area contributed by atoms with Gasteiger partial charge in [-0.1, -0.05) is 29.4 Å². The van der Waals surface area contributed by atoms with Gasteiger partial charge in [0, 0.05) is 56.6 Å². The minimum Gasteiger partial charge on any atom is -0.379 e. The van der Waals surface area contributed by atoms with E-state index in [1.807, 2.05) is 4.90 Å². The molecular weight excluding hydrogens is 923 g/mol. The van der Waals surface area contributed by atoms with E-state index in [9.17, 15) is 55.8 Å². The quantitative estimate of drug-likeness (QED) is 0.0233. The molecule has 5 N–H and O–H groups in total.